The highest BCUT2D eigenvalue weighted by molar-refractivity contribution is 9.10. The second-order valence-corrected chi connectivity index (χ2v) is 16.9. The van der Waals surface area contributed by atoms with Gasteiger partial charge in [0, 0.05) is 79.7 Å². The zero-order valence-electron chi connectivity index (χ0n) is 29.2. The molecule has 13 heteroatoms. The number of piperazine rings is 1. The molecule has 0 unspecified atom stereocenters. The molecule has 5 aromatic rings. The molecule has 0 radical (unpaired) electrons. The van der Waals surface area contributed by atoms with E-state index in [2.05, 4.69) is 97.3 Å². The van der Waals surface area contributed by atoms with Crippen LogP contribution in [0.25, 0.3) is 21.9 Å². The molecular formula is C37H42BrN8O3P. The summed E-state index contributed by atoms with van der Waals surface area (Å²) in [7, 11) is 1.51. The van der Waals surface area contributed by atoms with Gasteiger partial charge < -0.3 is 29.9 Å². The number of amides is 1. The first-order valence-corrected chi connectivity index (χ1v) is 19.8. The lowest BCUT2D eigenvalue weighted by molar-refractivity contribution is 0.0240. The highest BCUT2D eigenvalue weighted by Gasteiger charge is 2.32. The molecule has 1 saturated heterocycles. The Morgan fingerprint density at radius 2 is 1.80 bits per heavy atom. The summed E-state index contributed by atoms with van der Waals surface area (Å²) in [5.74, 6) is 1.91. The van der Waals surface area contributed by atoms with E-state index in [1.165, 1.54) is 16.1 Å². The lowest BCUT2D eigenvalue weighted by Crippen LogP contribution is -2.50. The van der Waals surface area contributed by atoms with Crippen molar-refractivity contribution in [3.8, 4) is 16.9 Å². The fourth-order valence-electron chi connectivity index (χ4n) is 6.64. The molecule has 1 amide bonds. The lowest BCUT2D eigenvalue weighted by atomic mass is 9.97. The normalized spacial score (nSPS) is 14.6. The first kappa shape index (κ1) is 34.1. The molecule has 50 heavy (non-hydrogen) atoms. The van der Waals surface area contributed by atoms with E-state index >= 15 is 0 Å². The van der Waals surface area contributed by atoms with Crippen molar-refractivity contribution in [3.63, 3.8) is 0 Å². The van der Waals surface area contributed by atoms with Crippen LogP contribution >= 0.6 is 23.9 Å². The monoisotopic (exact) mass is 756 g/mol. The number of fused-ring (bicyclic) bond motifs is 2. The van der Waals surface area contributed by atoms with Crippen LogP contribution in [-0.4, -0.2) is 82.5 Å². The summed E-state index contributed by atoms with van der Waals surface area (Å²) < 4.78 is 14.5. The van der Waals surface area contributed by atoms with Crippen LogP contribution in [0.15, 0.2) is 65.5 Å². The number of aryl methyl sites for hydroxylation is 1. The van der Waals surface area contributed by atoms with Gasteiger partial charge in [-0.25, -0.2) is 9.78 Å². The average Bonchev–Trinajstić information content (AvgIpc) is 3.75. The van der Waals surface area contributed by atoms with Crippen molar-refractivity contribution in [2.75, 3.05) is 61.6 Å². The lowest BCUT2D eigenvalue weighted by Gasteiger charge is -2.38. The number of hydrogen-bond acceptors (Lipinski definition) is 9. The van der Waals surface area contributed by atoms with Gasteiger partial charge in [0.25, 0.3) is 0 Å². The van der Waals surface area contributed by atoms with E-state index in [4.69, 9.17) is 14.5 Å². The molecule has 2 aromatic heterocycles. The number of ether oxygens (including phenoxy) is 2. The van der Waals surface area contributed by atoms with E-state index in [0.717, 1.165) is 50.4 Å². The molecule has 2 N–H and O–H groups in total. The molecule has 7 rings (SSSR count). The molecule has 0 spiro atoms. The second kappa shape index (κ2) is 13.7. The number of anilines is 5. The van der Waals surface area contributed by atoms with Crippen molar-refractivity contribution in [2.45, 2.75) is 32.8 Å². The van der Waals surface area contributed by atoms with Crippen LogP contribution in [0.3, 0.4) is 0 Å². The van der Waals surface area contributed by atoms with Crippen molar-refractivity contribution in [1.82, 2.24) is 24.6 Å². The molecule has 0 aliphatic carbocycles. The Hall–Kier alpha value is -4.41. The van der Waals surface area contributed by atoms with Gasteiger partial charge in [-0.15, -0.1) is 0 Å². The molecule has 2 aliphatic heterocycles. The highest BCUT2D eigenvalue weighted by Crippen LogP contribution is 2.47. The van der Waals surface area contributed by atoms with Crippen molar-refractivity contribution in [1.29, 1.82) is 0 Å². The van der Waals surface area contributed by atoms with Gasteiger partial charge in [-0.3, -0.25) is 4.68 Å². The summed E-state index contributed by atoms with van der Waals surface area (Å²) in [5.41, 5.74) is 5.54. The molecule has 4 heterocycles. The van der Waals surface area contributed by atoms with Gasteiger partial charge in [-0.1, -0.05) is 38.3 Å². The third-order valence-corrected chi connectivity index (χ3v) is 10.8. The zero-order valence-corrected chi connectivity index (χ0v) is 31.7. The first-order chi connectivity index (χ1) is 23.9. The van der Waals surface area contributed by atoms with E-state index < -0.39 is 13.5 Å². The smallest absolute Gasteiger partial charge is 0.410 e. The number of rotatable bonds is 7. The minimum atomic E-state index is -0.535. The summed E-state index contributed by atoms with van der Waals surface area (Å²) in [6.07, 6.45) is 6.16. The summed E-state index contributed by atoms with van der Waals surface area (Å²) in [5, 5.41) is 15.4. The van der Waals surface area contributed by atoms with Gasteiger partial charge in [0.2, 0.25) is 5.95 Å². The third-order valence-electron chi connectivity index (χ3n) is 8.80. The number of carbonyl (C=O) groups is 1. The molecule has 260 valence electrons. The van der Waals surface area contributed by atoms with Gasteiger partial charge in [0.1, 0.15) is 17.2 Å². The maximum absolute atomic E-state index is 12.8. The summed E-state index contributed by atoms with van der Waals surface area (Å²) >= 11 is 3.68. The van der Waals surface area contributed by atoms with Crippen LogP contribution in [0, 0.1) is 0 Å². The Morgan fingerprint density at radius 3 is 2.52 bits per heavy atom. The number of halogens is 1. The van der Waals surface area contributed by atoms with Crippen LogP contribution in [0.4, 0.5) is 33.6 Å². The summed E-state index contributed by atoms with van der Waals surface area (Å²) in [4.78, 5) is 26.5. The maximum atomic E-state index is 12.8. The van der Waals surface area contributed by atoms with Crippen LogP contribution in [0.2, 0.25) is 0 Å². The Balaban J connectivity index is 1.21. The van der Waals surface area contributed by atoms with Crippen LogP contribution in [0.1, 0.15) is 26.3 Å². The Morgan fingerprint density at radius 1 is 1.02 bits per heavy atom. The number of benzene rings is 3. The number of carbonyl (C=O) groups excluding carboxylic acids is 1. The standard InChI is InChI=1S/C37H42BrN8O3P/c1-37(2,3)49-36(47)46-16-14-45(15-17-46)31-26-13-18-48-32(26)30(19-27(31)24-20-40-44(4)22-24)42-35-39-21-28(38)34(43-35)41-29-12-11-23-9-7-8-10-25(23)33(29)50(5)6/h7-12,19-22H,13-18H2,1-6H3,(H2,39,41,42,43). The third kappa shape index (κ3) is 6.96. The minimum Gasteiger partial charge on any atom is -0.491 e. The Bertz CT molecular complexity index is 2070. The van der Waals surface area contributed by atoms with E-state index in [0.29, 0.717) is 44.6 Å². The predicted octanol–water partition coefficient (Wildman–Crippen LogP) is 7.64. The molecule has 1 fully saturated rings. The maximum Gasteiger partial charge on any atom is 0.410 e. The minimum absolute atomic E-state index is 0.275. The van der Waals surface area contributed by atoms with E-state index in [9.17, 15) is 4.79 Å². The van der Waals surface area contributed by atoms with Crippen molar-refractivity contribution in [3.05, 3.63) is 71.1 Å². The molecular weight excluding hydrogens is 715 g/mol. The highest BCUT2D eigenvalue weighted by atomic mass is 79.9. The molecule has 2 aliphatic rings. The van der Waals surface area contributed by atoms with Gasteiger partial charge >= 0.3 is 6.09 Å². The van der Waals surface area contributed by atoms with E-state index in [1.807, 2.05) is 44.9 Å². The molecule has 0 saturated carbocycles. The molecule has 0 atom stereocenters. The predicted molar refractivity (Wildman–Crippen MR) is 207 cm³/mol. The van der Waals surface area contributed by atoms with Gasteiger partial charge in [0.05, 0.1) is 28.7 Å². The van der Waals surface area contributed by atoms with Crippen molar-refractivity contribution in [2.24, 2.45) is 7.05 Å². The zero-order chi connectivity index (χ0) is 35.2. The summed E-state index contributed by atoms with van der Waals surface area (Å²) in [6, 6.07) is 14.9. The number of aromatic nitrogens is 4. The number of hydrogen-bond donors (Lipinski definition) is 2. The molecule has 3 aromatic carbocycles. The first-order valence-electron chi connectivity index (χ1n) is 16.8. The van der Waals surface area contributed by atoms with Gasteiger partial charge in [-0.2, -0.15) is 10.1 Å². The fourth-order valence-corrected chi connectivity index (χ4v) is 8.23. The van der Waals surface area contributed by atoms with Gasteiger partial charge in [0.15, 0.2) is 0 Å². The largest absolute Gasteiger partial charge is 0.491 e. The average molecular weight is 758 g/mol. The molecule has 11 nitrogen and oxygen atoms in total. The number of nitrogens with one attached hydrogen (secondary N) is 2. The SMILES string of the molecule is Cn1cc(-c2cc(Nc3ncc(Br)c(Nc4ccc5ccccc5c4P(C)C)n3)c3c(c2N2CCN(C(=O)OC(C)(C)C)CC2)CCO3)cn1. The van der Waals surface area contributed by atoms with Gasteiger partial charge in [-0.05, 0) is 72.9 Å². The Labute approximate surface area is 302 Å². The fraction of sp³-hybridized carbons (Fsp3) is 0.351. The summed E-state index contributed by atoms with van der Waals surface area (Å²) in [6.45, 7) is 13.3. The van der Waals surface area contributed by atoms with Crippen molar-refractivity contribution < 1.29 is 14.3 Å². The second-order valence-electron chi connectivity index (χ2n) is 13.8. The van der Waals surface area contributed by atoms with Crippen LogP contribution in [0.5, 0.6) is 5.75 Å². The van der Waals surface area contributed by atoms with E-state index in [-0.39, 0.29) is 6.09 Å². The van der Waals surface area contributed by atoms with Crippen LogP contribution < -0.4 is 25.6 Å². The van der Waals surface area contributed by atoms with Crippen molar-refractivity contribution >= 4 is 74.9 Å². The quantitative estimate of drug-likeness (QED) is 0.162. The topological polar surface area (TPSA) is 110 Å². The van der Waals surface area contributed by atoms with E-state index in [1.54, 1.807) is 11.1 Å². The molecule has 0 bridgehead atoms. The number of nitrogens with zero attached hydrogens (tertiary/aromatic N) is 6. The Kier molecular flexibility index (Phi) is 9.34. The van der Waals surface area contributed by atoms with Crippen LogP contribution in [-0.2, 0) is 18.2 Å².